The molecule has 8 heteroatoms. The van der Waals surface area contributed by atoms with E-state index in [1.807, 2.05) is 42.5 Å². The van der Waals surface area contributed by atoms with Crippen LogP contribution in [0.5, 0.6) is 11.5 Å². The lowest BCUT2D eigenvalue weighted by molar-refractivity contribution is 0.0250. The molecular formula is C21H12I4O4. The highest BCUT2D eigenvalue weighted by Gasteiger charge is 2.49. The quantitative estimate of drug-likeness (QED) is 0.250. The highest BCUT2D eigenvalue weighted by atomic mass is 127. The molecule has 0 saturated heterocycles. The fraction of sp³-hybridized carbons (Fsp3) is 0.0952. The van der Waals surface area contributed by atoms with Gasteiger partial charge in [0.1, 0.15) is 11.5 Å². The monoisotopic (exact) mass is 836 g/mol. The van der Waals surface area contributed by atoms with E-state index >= 15 is 0 Å². The Bertz CT molecular complexity index is 1120. The van der Waals surface area contributed by atoms with Crippen molar-refractivity contribution >= 4 is 96.3 Å². The number of methoxy groups -OCH3 is 1. The third kappa shape index (κ3) is 3.54. The van der Waals surface area contributed by atoms with Crippen LogP contribution in [-0.2, 0) is 10.3 Å². The largest absolute Gasteiger partial charge is 0.506 e. The molecule has 1 heterocycles. The van der Waals surface area contributed by atoms with Crippen LogP contribution in [0.3, 0.4) is 0 Å². The van der Waals surface area contributed by atoms with Gasteiger partial charge >= 0.3 is 5.97 Å². The van der Waals surface area contributed by atoms with E-state index < -0.39 is 5.60 Å². The number of halogens is 4. The summed E-state index contributed by atoms with van der Waals surface area (Å²) in [5.41, 5.74) is 1.86. The van der Waals surface area contributed by atoms with Crippen molar-refractivity contribution in [3.8, 4) is 11.5 Å². The Balaban J connectivity index is 2.10. The average Bonchev–Trinajstić information content (AvgIpc) is 2.99. The van der Waals surface area contributed by atoms with Crippen molar-refractivity contribution in [2.75, 3.05) is 7.11 Å². The number of carbonyl (C=O) groups excluding carboxylic acids is 1. The third-order valence-electron chi connectivity index (χ3n) is 4.80. The van der Waals surface area contributed by atoms with Gasteiger partial charge in [0.25, 0.3) is 0 Å². The summed E-state index contributed by atoms with van der Waals surface area (Å²) in [6.07, 6.45) is 0. The van der Waals surface area contributed by atoms with E-state index in [9.17, 15) is 9.90 Å². The van der Waals surface area contributed by atoms with Crippen LogP contribution in [-0.4, -0.2) is 18.2 Å². The van der Waals surface area contributed by atoms with Gasteiger partial charge in [0, 0.05) is 16.7 Å². The summed E-state index contributed by atoms with van der Waals surface area (Å²) in [5, 5.41) is 10.3. The van der Waals surface area contributed by atoms with Gasteiger partial charge in [-0.25, -0.2) is 4.79 Å². The maximum absolute atomic E-state index is 12.9. The van der Waals surface area contributed by atoms with E-state index in [1.54, 1.807) is 13.2 Å². The minimum atomic E-state index is -1.10. The van der Waals surface area contributed by atoms with Gasteiger partial charge in [-0.2, -0.15) is 0 Å². The normalized spacial score (nSPS) is 17.8. The molecule has 1 aliphatic heterocycles. The number of hydrogen-bond donors (Lipinski definition) is 1. The molecule has 0 amide bonds. The van der Waals surface area contributed by atoms with E-state index in [4.69, 9.17) is 9.47 Å². The maximum Gasteiger partial charge on any atom is 0.340 e. The predicted molar refractivity (Wildman–Crippen MR) is 144 cm³/mol. The summed E-state index contributed by atoms with van der Waals surface area (Å²) in [6.45, 7) is 0. The van der Waals surface area contributed by atoms with Crippen LogP contribution in [0.2, 0.25) is 0 Å². The van der Waals surface area contributed by atoms with Crippen molar-refractivity contribution in [2.24, 2.45) is 0 Å². The zero-order valence-electron chi connectivity index (χ0n) is 14.8. The summed E-state index contributed by atoms with van der Waals surface area (Å²) in [6, 6.07) is 15.2. The number of hydrogen-bond acceptors (Lipinski definition) is 4. The van der Waals surface area contributed by atoms with Gasteiger partial charge < -0.3 is 14.6 Å². The van der Waals surface area contributed by atoms with Gasteiger partial charge in [-0.15, -0.1) is 0 Å². The highest BCUT2D eigenvalue weighted by Crippen LogP contribution is 2.49. The third-order valence-corrected chi connectivity index (χ3v) is 8.05. The molecule has 1 N–H and O–H groups in total. The van der Waals surface area contributed by atoms with Crippen molar-refractivity contribution in [3.05, 3.63) is 85.1 Å². The molecule has 0 radical (unpaired) electrons. The van der Waals surface area contributed by atoms with Crippen LogP contribution in [0, 0.1) is 14.3 Å². The van der Waals surface area contributed by atoms with E-state index in [0.717, 1.165) is 29.6 Å². The SMILES string of the molecule is COc1c(I)cc(C2(c3cc(I)c(O)c(I)c3)OC(=O)c3ccccc32)cc1I. The van der Waals surface area contributed by atoms with Crippen LogP contribution < -0.4 is 4.74 Å². The molecule has 0 aromatic heterocycles. The number of phenols is 1. The molecule has 4 nitrogen and oxygen atoms in total. The van der Waals surface area contributed by atoms with Crippen LogP contribution in [0.1, 0.15) is 27.0 Å². The number of carbonyl (C=O) groups is 1. The molecule has 29 heavy (non-hydrogen) atoms. The van der Waals surface area contributed by atoms with Gasteiger partial charge in [0.05, 0.1) is 27.0 Å². The number of phenolic OH excluding ortho intramolecular Hbond substituents is 1. The first kappa shape index (κ1) is 21.9. The zero-order chi connectivity index (χ0) is 20.9. The van der Waals surface area contributed by atoms with Crippen LogP contribution in [0.15, 0.2) is 48.5 Å². The fourth-order valence-electron chi connectivity index (χ4n) is 3.54. The smallest absolute Gasteiger partial charge is 0.340 e. The average molecular weight is 836 g/mol. The first-order valence-electron chi connectivity index (χ1n) is 8.34. The minimum absolute atomic E-state index is 0.224. The summed E-state index contributed by atoms with van der Waals surface area (Å²) in [7, 11) is 1.64. The number of ether oxygens (including phenoxy) is 2. The number of benzene rings is 3. The molecule has 0 saturated carbocycles. The molecule has 0 spiro atoms. The Labute approximate surface area is 222 Å². The molecule has 1 aliphatic rings. The molecule has 148 valence electrons. The Hall–Kier alpha value is -0.350. The van der Waals surface area contributed by atoms with E-state index in [-0.39, 0.29) is 11.7 Å². The highest BCUT2D eigenvalue weighted by molar-refractivity contribution is 14.1. The van der Waals surface area contributed by atoms with Crippen molar-refractivity contribution in [1.82, 2.24) is 0 Å². The molecule has 0 aliphatic carbocycles. The topological polar surface area (TPSA) is 55.8 Å². The first-order chi connectivity index (χ1) is 13.8. The molecule has 0 fully saturated rings. The molecule has 4 rings (SSSR count). The molecule has 3 aromatic carbocycles. The standard InChI is InChI=1S/C21H12I4O4/c1-28-19-16(24)8-11(9-17(19)25)21(10-6-14(22)18(26)15(23)7-10)13-5-3-2-4-12(13)20(27)29-21/h2-9,26H,1H3. The lowest BCUT2D eigenvalue weighted by atomic mass is 9.80. The first-order valence-corrected chi connectivity index (χ1v) is 12.7. The number of rotatable bonds is 3. The summed E-state index contributed by atoms with van der Waals surface area (Å²) in [4.78, 5) is 12.9. The summed E-state index contributed by atoms with van der Waals surface area (Å²) >= 11 is 8.67. The molecule has 0 bridgehead atoms. The second kappa shape index (κ2) is 8.30. The summed E-state index contributed by atoms with van der Waals surface area (Å²) in [5.74, 6) is 0.652. The van der Waals surface area contributed by atoms with Gasteiger partial charge in [0.2, 0.25) is 0 Å². The van der Waals surface area contributed by atoms with Crippen molar-refractivity contribution in [2.45, 2.75) is 5.60 Å². The number of fused-ring (bicyclic) bond motifs is 1. The Morgan fingerprint density at radius 1 is 0.897 bits per heavy atom. The second-order valence-corrected chi connectivity index (χ2v) is 11.0. The van der Waals surface area contributed by atoms with Crippen molar-refractivity contribution < 1.29 is 19.4 Å². The molecular weight excluding hydrogens is 824 g/mol. The van der Waals surface area contributed by atoms with E-state index in [2.05, 4.69) is 90.4 Å². The van der Waals surface area contributed by atoms with Crippen molar-refractivity contribution in [1.29, 1.82) is 0 Å². The molecule has 3 aromatic rings. The lowest BCUT2D eigenvalue weighted by Gasteiger charge is -2.31. The molecule has 1 unspecified atom stereocenters. The van der Waals surface area contributed by atoms with Gasteiger partial charge in [-0.1, -0.05) is 18.2 Å². The maximum atomic E-state index is 12.9. The van der Waals surface area contributed by atoms with E-state index in [0.29, 0.717) is 12.7 Å². The van der Waals surface area contributed by atoms with Crippen LogP contribution in [0.25, 0.3) is 0 Å². The number of cyclic esters (lactones) is 1. The second-order valence-electron chi connectivity index (χ2n) is 6.38. The van der Waals surface area contributed by atoms with Crippen LogP contribution >= 0.6 is 90.4 Å². The van der Waals surface area contributed by atoms with Gasteiger partial charge in [-0.05, 0) is 121 Å². The van der Waals surface area contributed by atoms with E-state index in [1.165, 1.54) is 0 Å². The Kier molecular flexibility index (Phi) is 6.26. The number of aromatic hydroxyl groups is 1. The lowest BCUT2D eigenvalue weighted by Crippen LogP contribution is -2.30. The van der Waals surface area contributed by atoms with Crippen LogP contribution in [0.4, 0.5) is 0 Å². The zero-order valence-corrected chi connectivity index (χ0v) is 23.4. The van der Waals surface area contributed by atoms with Gasteiger partial charge in [-0.3, -0.25) is 0 Å². The summed E-state index contributed by atoms with van der Waals surface area (Å²) < 4.78 is 14.9. The fourth-order valence-corrected chi connectivity index (χ4v) is 7.52. The molecule has 1 atom stereocenters. The Morgan fingerprint density at radius 2 is 1.41 bits per heavy atom. The number of esters is 1. The van der Waals surface area contributed by atoms with Crippen molar-refractivity contribution in [3.63, 3.8) is 0 Å². The Morgan fingerprint density at radius 3 is 1.97 bits per heavy atom. The van der Waals surface area contributed by atoms with Gasteiger partial charge in [0.15, 0.2) is 5.60 Å². The predicted octanol–water partition coefficient (Wildman–Crippen LogP) is 6.28. The minimum Gasteiger partial charge on any atom is -0.506 e.